The molecule has 4 aromatic heterocycles. The van der Waals surface area contributed by atoms with E-state index >= 15 is 0 Å². The maximum absolute atomic E-state index is 11.9. The summed E-state index contributed by atoms with van der Waals surface area (Å²) in [6.45, 7) is 2.11. The van der Waals surface area contributed by atoms with Crippen LogP contribution in [0.4, 0.5) is 17.1 Å². The van der Waals surface area contributed by atoms with Crippen LogP contribution in [0.25, 0.3) is 0 Å². The lowest BCUT2D eigenvalue weighted by molar-refractivity contribution is -0.387. The molecule has 4 aromatic rings. The van der Waals surface area contributed by atoms with Gasteiger partial charge in [0.2, 0.25) is 5.15 Å². The Morgan fingerprint density at radius 1 is 0.518 bits per heavy atom. The minimum absolute atomic E-state index is 0.0162. The molecule has 20 nitrogen and oxygen atoms in total. The normalized spacial score (nSPS) is 20.6. The number of nitrogens with one attached hydrogen (secondary N) is 2. The number of nitrogen functional groups attached to an aromatic ring is 1. The van der Waals surface area contributed by atoms with Crippen LogP contribution in [0.5, 0.6) is 0 Å². The van der Waals surface area contributed by atoms with E-state index in [1.54, 1.807) is 13.0 Å². The number of ketones is 1. The van der Waals surface area contributed by atoms with Gasteiger partial charge in [0, 0.05) is 59.3 Å². The number of aromatic amines is 2. The Morgan fingerprint density at radius 3 is 1.39 bits per heavy atom. The van der Waals surface area contributed by atoms with Crippen LogP contribution in [0.3, 0.4) is 0 Å². The van der Waals surface area contributed by atoms with Gasteiger partial charge in [-0.2, -0.15) is 0 Å². The van der Waals surface area contributed by atoms with Crippen molar-refractivity contribution >= 4 is 52.0 Å². The molecule has 0 unspecified atom stereocenters. The number of hydrogen-bond acceptors (Lipinski definition) is 16. The number of halogens is 2. The lowest BCUT2D eigenvalue weighted by Crippen LogP contribution is -2.21. The number of esters is 1. The van der Waals surface area contributed by atoms with E-state index in [0.717, 1.165) is 126 Å². The molecule has 22 heteroatoms. The first-order valence-electron chi connectivity index (χ1n) is 32.3. The Bertz CT molecular complexity index is 3060. The Labute approximate surface area is 507 Å². The highest BCUT2D eigenvalue weighted by Gasteiger charge is 2.37. The van der Waals surface area contributed by atoms with Crippen LogP contribution in [0.2, 0.25) is 10.3 Å². The molecule has 0 saturated heterocycles. The third-order valence-electron chi connectivity index (χ3n) is 18.4. The predicted octanol–water partition coefficient (Wildman–Crippen LogP) is 15.0. The first kappa shape index (κ1) is 63.7. The molecular weight excluding hydrogens is 1130 g/mol. The number of nitrogens with zero attached hydrogens (tertiary/aromatic N) is 8. The molecule has 0 bridgehead atoms. The number of carbonyl (C=O) groups is 2. The maximum Gasteiger partial charge on any atom is 0.355 e. The Hall–Kier alpha value is -5.76. The van der Waals surface area contributed by atoms with Crippen molar-refractivity contribution in [1.29, 1.82) is 0 Å². The second-order valence-corrected chi connectivity index (χ2v) is 26.0. The number of aromatic nitrogens is 8. The maximum atomic E-state index is 11.9. The molecule has 9 aliphatic rings. The summed E-state index contributed by atoms with van der Waals surface area (Å²) in [6, 6.07) is 1.71. The monoisotopic (exact) mass is 1210 g/mol. The van der Waals surface area contributed by atoms with Gasteiger partial charge in [-0.25, -0.2) is 29.9 Å². The Balaban J connectivity index is 0.000000128. The zero-order valence-corrected chi connectivity index (χ0v) is 51.1. The van der Waals surface area contributed by atoms with E-state index in [-0.39, 0.29) is 58.0 Å². The molecule has 0 aromatic carbocycles. The van der Waals surface area contributed by atoms with Gasteiger partial charge < -0.3 is 20.4 Å². The fourth-order valence-electron chi connectivity index (χ4n) is 13.0. The molecule has 9 saturated carbocycles. The lowest BCUT2D eigenvalue weighted by atomic mass is 9.85. The highest BCUT2D eigenvalue weighted by Crippen LogP contribution is 2.46. The minimum atomic E-state index is -0.581. The van der Waals surface area contributed by atoms with E-state index in [1.807, 2.05) is 0 Å². The highest BCUT2D eigenvalue weighted by atomic mass is 35.5. The number of rotatable bonds is 14. The molecule has 0 radical (unpaired) electrons. The van der Waals surface area contributed by atoms with Crippen molar-refractivity contribution in [2.45, 2.75) is 273 Å². The second-order valence-electron chi connectivity index (χ2n) is 25.3. The van der Waals surface area contributed by atoms with Gasteiger partial charge in [0.05, 0.1) is 33.5 Å². The standard InChI is InChI=1S/C13H16ClN3O2.C13H18ClN3.C13H17N3O3.C13H18N2O.C11H18O3/c14-12-11(17(18)19)10(8-4-2-1-3-5-8)15-13(16-12)9-6-7-9;14-12-10(15)11(8-4-2-1-3-5-8)16-13(17-12)9-6-7-9;17-13-11(16(18)19)10(8-4-2-1-3-5-8)14-12(15-13)9-6-7-9;16-12-8-11(9-4-2-1-3-5-9)14-13(15-12)10-6-7-10;1-2-14-11(13)8-10(12)9-6-4-3-5-7-9/h8-9H,1-7H2;8-9H,1-7,15H2;8-9H,1-7H2,(H,14,15,17);8-10H,1-7H2,(H,14,15,16);9H,2-8H2,1H3. The van der Waals surface area contributed by atoms with Gasteiger partial charge in [-0.1, -0.05) is 120 Å². The molecule has 0 atom stereocenters. The van der Waals surface area contributed by atoms with Crippen LogP contribution in [0.15, 0.2) is 15.7 Å². The van der Waals surface area contributed by atoms with E-state index in [4.69, 9.17) is 38.7 Å². The molecule has 462 valence electrons. The SMILES string of the molecule is CCOC(=O)CC(=O)C1CCCCC1.Nc1c(Cl)nc(C2CC2)nc1C1CCCCC1.O=[N+]([O-])c1c(Cl)nc(C2CC2)nc1C1CCCCC1.O=c1[nH]c(C2CC2)nc(C2CCCCC2)c1[N+](=O)[O-].O=c1cc(C2CCCCC2)nc(C2CC2)[nH]1. The van der Waals surface area contributed by atoms with Crippen molar-refractivity contribution in [1.82, 2.24) is 39.9 Å². The van der Waals surface area contributed by atoms with Crippen molar-refractivity contribution in [3.63, 3.8) is 0 Å². The summed E-state index contributed by atoms with van der Waals surface area (Å²) in [6.07, 6.45) is 37.4. The molecule has 9 fully saturated rings. The van der Waals surface area contributed by atoms with Gasteiger partial charge in [-0.05, 0) is 122 Å². The highest BCUT2D eigenvalue weighted by molar-refractivity contribution is 6.32. The van der Waals surface area contributed by atoms with Crippen molar-refractivity contribution in [3.05, 3.63) is 103 Å². The van der Waals surface area contributed by atoms with Crippen LogP contribution < -0.4 is 16.9 Å². The largest absolute Gasteiger partial charge is 0.466 e. The first-order valence-corrected chi connectivity index (χ1v) is 33.0. The summed E-state index contributed by atoms with van der Waals surface area (Å²) in [7, 11) is 0. The predicted molar refractivity (Wildman–Crippen MR) is 326 cm³/mol. The average molecular weight is 1210 g/mol. The number of nitro groups is 2. The third kappa shape index (κ3) is 18.4. The minimum Gasteiger partial charge on any atom is -0.466 e. The Kier molecular flexibility index (Phi) is 23.0. The van der Waals surface area contributed by atoms with Gasteiger partial charge in [0.25, 0.3) is 5.56 Å². The van der Waals surface area contributed by atoms with Gasteiger partial charge in [0.15, 0.2) is 5.15 Å². The summed E-state index contributed by atoms with van der Waals surface area (Å²) in [4.78, 5) is 99.7. The molecule has 13 rings (SSSR count). The van der Waals surface area contributed by atoms with Crippen molar-refractivity contribution in [2.75, 3.05) is 12.3 Å². The fraction of sp³-hybridized carbons (Fsp3) is 0.714. The molecule has 4 heterocycles. The molecule has 85 heavy (non-hydrogen) atoms. The van der Waals surface area contributed by atoms with E-state index in [1.165, 1.54) is 109 Å². The zero-order chi connectivity index (χ0) is 60.0. The van der Waals surface area contributed by atoms with Crippen molar-refractivity contribution < 1.29 is 24.2 Å². The molecule has 9 aliphatic carbocycles. The molecule has 0 aliphatic heterocycles. The quantitative estimate of drug-likeness (QED) is 0.0347. The number of hydrogen-bond donors (Lipinski definition) is 3. The number of ether oxygens (including phenoxy) is 1. The second kappa shape index (κ2) is 30.7. The van der Waals surface area contributed by atoms with Gasteiger partial charge in [-0.3, -0.25) is 39.4 Å². The van der Waals surface area contributed by atoms with Gasteiger partial charge >= 0.3 is 22.9 Å². The van der Waals surface area contributed by atoms with E-state index < -0.39 is 15.4 Å². The molecule has 0 spiro atoms. The van der Waals surface area contributed by atoms with E-state index in [9.17, 15) is 39.4 Å². The fourth-order valence-corrected chi connectivity index (χ4v) is 13.4. The van der Waals surface area contributed by atoms with Crippen LogP contribution in [0.1, 0.15) is 319 Å². The summed E-state index contributed by atoms with van der Waals surface area (Å²) >= 11 is 12.2. The molecule has 4 N–H and O–H groups in total. The number of Topliss-reactive ketones (excluding diaryl/α,β-unsaturated/α-hetero) is 1. The van der Waals surface area contributed by atoms with Gasteiger partial charge in [0.1, 0.15) is 46.9 Å². The van der Waals surface area contributed by atoms with Gasteiger partial charge in [-0.15, -0.1) is 0 Å². The van der Waals surface area contributed by atoms with Crippen LogP contribution >= 0.6 is 23.2 Å². The number of carbonyl (C=O) groups excluding carboxylic acids is 2. The topological polar surface area (TPSA) is 299 Å². The smallest absolute Gasteiger partial charge is 0.355 e. The molecular formula is C63H87Cl2N11O9. The summed E-state index contributed by atoms with van der Waals surface area (Å²) in [5.41, 5.74) is 8.78. The lowest BCUT2D eigenvalue weighted by Gasteiger charge is -2.22. The van der Waals surface area contributed by atoms with Crippen molar-refractivity contribution in [2.24, 2.45) is 5.92 Å². The Morgan fingerprint density at radius 2 is 0.929 bits per heavy atom. The summed E-state index contributed by atoms with van der Waals surface area (Å²) in [5.74, 6) is 6.06. The van der Waals surface area contributed by atoms with E-state index in [0.29, 0.717) is 76.0 Å². The third-order valence-corrected chi connectivity index (χ3v) is 19.0. The number of anilines is 1. The number of nitrogens with two attached hydrogens (primary N) is 1. The van der Waals surface area contributed by atoms with Crippen molar-refractivity contribution in [3.8, 4) is 0 Å². The van der Waals surface area contributed by atoms with E-state index in [2.05, 4.69) is 34.9 Å². The first-order chi connectivity index (χ1) is 41.1. The van der Waals surface area contributed by atoms with Crippen LogP contribution in [0, 0.1) is 26.1 Å². The average Bonchev–Trinajstić information content (AvgIpc) is 4.27. The van der Waals surface area contributed by atoms with Crippen LogP contribution in [-0.2, 0) is 14.3 Å². The van der Waals surface area contributed by atoms with Crippen LogP contribution in [-0.4, -0.2) is 68.1 Å². The molecule has 0 amide bonds. The summed E-state index contributed by atoms with van der Waals surface area (Å²) < 4.78 is 4.74. The summed E-state index contributed by atoms with van der Waals surface area (Å²) in [5, 5.41) is 22.8. The zero-order valence-electron chi connectivity index (χ0n) is 49.6. The number of H-pyrrole nitrogens is 2.